The van der Waals surface area contributed by atoms with Crippen molar-refractivity contribution in [3.05, 3.63) is 65.7 Å². The molecule has 1 fully saturated rings. The van der Waals surface area contributed by atoms with Crippen LogP contribution >= 0.6 is 0 Å². The molecule has 0 aromatic heterocycles. The van der Waals surface area contributed by atoms with Gasteiger partial charge in [-0.15, -0.1) is 0 Å². The highest BCUT2D eigenvalue weighted by atomic mass is 15.2. The van der Waals surface area contributed by atoms with E-state index in [1.54, 1.807) is 0 Å². The van der Waals surface area contributed by atoms with Crippen LogP contribution in [0.1, 0.15) is 57.2 Å². The van der Waals surface area contributed by atoms with Gasteiger partial charge in [0.15, 0.2) is 0 Å². The van der Waals surface area contributed by atoms with Crippen molar-refractivity contribution >= 4 is 5.69 Å². The fourth-order valence-electron chi connectivity index (χ4n) is 4.68. The molecule has 0 amide bonds. The van der Waals surface area contributed by atoms with E-state index in [2.05, 4.69) is 74.2 Å². The summed E-state index contributed by atoms with van der Waals surface area (Å²) in [6.07, 6.45) is 3.55. The first-order valence-electron chi connectivity index (χ1n) is 9.53. The van der Waals surface area contributed by atoms with Crippen LogP contribution in [-0.2, 0) is 0 Å². The van der Waals surface area contributed by atoms with E-state index in [1.165, 1.54) is 17.7 Å². The molecule has 1 saturated heterocycles. The van der Waals surface area contributed by atoms with Gasteiger partial charge in [-0.1, -0.05) is 57.5 Å². The normalized spacial score (nSPS) is 26.2. The second-order valence-electron chi connectivity index (χ2n) is 7.25. The van der Waals surface area contributed by atoms with Crippen molar-refractivity contribution < 1.29 is 0 Å². The van der Waals surface area contributed by atoms with Crippen molar-refractivity contribution in [1.82, 2.24) is 0 Å². The summed E-state index contributed by atoms with van der Waals surface area (Å²) in [5.74, 6) is 1.43. The zero-order valence-electron chi connectivity index (χ0n) is 15.5. The summed E-state index contributed by atoms with van der Waals surface area (Å²) in [5, 5.41) is 9.10. The van der Waals surface area contributed by atoms with E-state index in [0.29, 0.717) is 18.0 Å². The highest BCUT2D eigenvalue weighted by Crippen LogP contribution is 2.45. The minimum atomic E-state index is 0.373. The topological polar surface area (TPSA) is 27.0 Å². The van der Waals surface area contributed by atoms with Gasteiger partial charge in [0.1, 0.15) is 0 Å². The third-order valence-electron chi connectivity index (χ3n) is 5.88. The third kappa shape index (κ3) is 3.42. The van der Waals surface area contributed by atoms with Crippen LogP contribution in [0.25, 0.3) is 0 Å². The van der Waals surface area contributed by atoms with E-state index in [9.17, 15) is 0 Å². The molecule has 130 valence electrons. The molecule has 2 nitrogen and oxygen atoms in total. The Labute approximate surface area is 152 Å². The Balaban J connectivity index is 2.05. The average molecular weight is 332 g/mol. The molecule has 2 aromatic rings. The maximum atomic E-state index is 9.10. The van der Waals surface area contributed by atoms with Gasteiger partial charge in [0.25, 0.3) is 0 Å². The summed E-state index contributed by atoms with van der Waals surface area (Å²) in [4.78, 5) is 2.65. The number of para-hydroxylation sites is 1. The van der Waals surface area contributed by atoms with Crippen LogP contribution in [0.15, 0.2) is 54.6 Å². The van der Waals surface area contributed by atoms with E-state index in [1.807, 2.05) is 12.1 Å². The van der Waals surface area contributed by atoms with Gasteiger partial charge in [-0.05, 0) is 54.5 Å². The van der Waals surface area contributed by atoms with Crippen LogP contribution in [0.5, 0.6) is 0 Å². The van der Waals surface area contributed by atoms with E-state index in [4.69, 9.17) is 5.26 Å². The first-order valence-corrected chi connectivity index (χ1v) is 9.53. The molecule has 0 radical (unpaired) electrons. The molecule has 0 unspecified atom stereocenters. The monoisotopic (exact) mass is 332 g/mol. The number of rotatable bonds is 4. The second kappa shape index (κ2) is 7.74. The number of nitriles is 1. The maximum absolute atomic E-state index is 9.10. The first kappa shape index (κ1) is 17.5. The summed E-state index contributed by atoms with van der Waals surface area (Å²) in [6, 6.07) is 22.2. The Morgan fingerprint density at radius 3 is 2.24 bits per heavy atom. The molecule has 0 aliphatic carbocycles. The molecule has 0 N–H and O–H groups in total. The number of anilines is 1. The predicted octanol–water partition coefficient (Wildman–Crippen LogP) is 5.95. The first-order chi connectivity index (χ1) is 12.2. The van der Waals surface area contributed by atoms with Gasteiger partial charge in [-0.3, -0.25) is 0 Å². The molecular weight excluding hydrogens is 304 g/mol. The minimum Gasteiger partial charge on any atom is -0.361 e. The Morgan fingerprint density at radius 1 is 1.00 bits per heavy atom. The van der Waals surface area contributed by atoms with E-state index < -0.39 is 0 Å². The summed E-state index contributed by atoms with van der Waals surface area (Å²) >= 11 is 0. The number of benzene rings is 2. The van der Waals surface area contributed by atoms with E-state index in [-0.39, 0.29) is 0 Å². The molecular formula is C23H28N2. The lowest BCUT2D eigenvalue weighted by molar-refractivity contribution is 0.188. The average Bonchev–Trinajstić information content (AvgIpc) is 2.67. The van der Waals surface area contributed by atoms with Crippen molar-refractivity contribution in [3.63, 3.8) is 0 Å². The summed E-state index contributed by atoms with van der Waals surface area (Å²) in [5.41, 5.74) is 3.37. The second-order valence-corrected chi connectivity index (χ2v) is 7.25. The van der Waals surface area contributed by atoms with Gasteiger partial charge < -0.3 is 4.90 Å². The van der Waals surface area contributed by atoms with Crippen LogP contribution < -0.4 is 4.90 Å². The molecule has 25 heavy (non-hydrogen) atoms. The molecule has 1 heterocycles. The fraction of sp³-hybridized carbons (Fsp3) is 0.435. The number of nitrogens with zero attached hydrogens (tertiary/aromatic N) is 2. The SMILES string of the molecule is CC[C@@H]1[C@@H](C)C[C@H](c2ccc(C#N)cc2)N(c2ccccc2)[C@H]1CC. The molecule has 3 rings (SSSR count). The van der Waals surface area contributed by atoms with Crippen LogP contribution in [0, 0.1) is 23.2 Å². The van der Waals surface area contributed by atoms with Gasteiger partial charge in [0.05, 0.1) is 17.7 Å². The molecule has 2 heteroatoms. The Bertz CT molecular complexity index is 714. The van der Waals surface area contributed by atoms with Gasteiger partial charge in [-0.25, -0.2) is 0 Å². The van der Waals surface area contributed by atoms with Crippen molar-refractivity contribution in [1.29, 1.82) is 5.26 Å². The van der Waals surface area contributed by atoms with Gasteiger partial charge in [-0.2, -0.15) is 5.26 Å². The smallest absolute Gasteiger partial charge is 0.0991 e. The Hall–Kier alpha value is -2.27. The lowest BCUT2D eigenvalue weighted by atomic mass is 9.73. The van der Waals surface area contributed by atoms with Crippen LogP contribution in [0.2, 0.25) is 0 Å². The highest BCUT2D eigenvalue weighted by molar-refractivity contribution is 5.51. The highest BCUT2D eigenvalue weighted by Gasteiger charge is 2.40. The number of hydrogen-bond acceptors (Lipinski definition) is 2. The lowest BCUT2D eigenvalue weighted by Gasteiger charge is -2.51. The van der Waals surface area contributed by atoms with Crippen LogP contribution in [0.4, 0.5) is 5.69 Å². The molecule has 2 aromatic carbocycles. The third-order valence-corrected chi connectivity index (χ3v) is 5.88. The van der Waals surface area contributed by atoms with Crippen LogP contribution in [-0.4, -0.2) is 6.04 Å². The van der Waals surface area contributed by atoms with Crippen molar-refractivity contribution in [2.45, 2.75) is 52.1 Å². The predicted molar refractivity (Wildman–Crippen MR) is 104 cm³/mol. The lowest BCUT2D eigenvalue weighted by Crippen LogP contribution is -2.50. The Morgan fingerprint density at radius 2 is 1.68 bits per heavy atom. The van der Waals surface area contributed by atoms with E-state index >= 15 is 0 Å². The molecule has 1 aliphatic rings. The van der Waals surface area contributed by atoms with Crippen molar-refractivity contribution in [2.24, 2.45) is 11.8 Å². The van der Waals surface area contributed by atoms with Crippen LogP contribution in [0.3, 0.4) is 0 Å². The fourth-order valence-corrected chi connectivity index (χ4v) is 4.68. The molecule has 0 saturated carbocycles. The zero-order valence-corrected chi connectivity index (χ0v) is 15.5. The molecule has 4 atom stereocenters. The summed E-state index contributed by atoms with van der Waals surface area (Å²) in [6.45, 7) is 7.06. The largest absolute Gasteiger partial charge is 0.361 e. The summed E-state index contributed by atoms with van der Waals surface area (Å²) < 4.78 is 0. The molecule has 0 bridgehead atoms. The maximum Gasteiger partial charge on any atom is 0.0991 e. The van der Waals surface area contributed by atoms with Crippen molar-refractivity contribution in [2.75, 3.05) is 4.90 Å². The quantitative estimate of drug-likeness (QED) is 0.691. The van der Waals surface area contributed by atoms with Crippen molar-refractivity contribution in [3.8, 4) is 6.07 Å². The summed E-state index contributed by atoms with van der Waals surface area (Å²) in [7, 11) is 0. The Kier molecular flexibility index (Phi) is 5.43. The number of hydrogen-bond donors (Lipinski definition) is 0. The standard InChI is InChI=1S/C23H28N2/c1-4-21-17(3)15-23(19-13-11-18(16-24)12-14-19)25(22(21)5-2)20-9-7-6-8-10-20/h6-14,17,21-23H,4-5,15H2,1-3H3/t17-,21+,22-,23+/m0/s1. The molecule has 1 aliphatic heterocycles. The van der Waals surface area contributed by atoms with Gasteiger partial charge >= 0.3 is 0 Å². The van der Waals surface area contributed by atoms with Gasteiger partial charge in [0, 0.05) is 11.7 Å². The van der Waals surface area contributed by atoms with E-state index in [0.717, 1.165) is 24.3 Å². The minimum absolute atomic E-state index is 0.373. The molecule has 0 spiro atoms. The van der Waals surface area contributed by atoms with Gasteiger partial charge in [0.2, 0.25) is 0 Å². The number of piperidine rings is 1. The zero-order chi connectivity index (χ0) is 17.8.